The number of benzene rings is 2. The van der Waals surface area contributed by atoms with Crippen molar-refractivity contribution >= 4 is 11.0 Å². The molecule has 0 atom stereocenters. The van der Waals surface area contributed by atoms with E-state index in [9.17, 15) is 4.79 Å². The summed E-state index contributed by atoms with van der Waals surface area (Å²) in [5.74, 6) is 0.764. The maximum atomic E-state index is 12.4. The number of ether oxygens (including phenoxy) is 1. The lowest BCUT2D eigenvalue weighted by Crippen LogP contribution is -2.15. The normalized spacial score (nSPS) is 11.2. The molecule has 0 N–H and O–H groups in total. The molecule has 130 valence electrons. The summed E-state index contributed by atoms with van der Waals surface area (Å²) in [5.41, 5.74) is 2.76. The van der Waals surface area contributed by atoms with E-state index in [0.29, 0.717) is 17.8 Å². The monoisotopic (exact) mass is 337 g/mol. The first-order valence-electron chi connectivity index (χ1n) is 8.45. The number of hydrogen-bond donors (Lipinski definition) is 0. The SMILES string of the molecule is Cc1ccc2oc(=O)c(-c3cccc(OCCCN(C)C)c3)cc2c1. The smallest absolute Gasteiger partial charge is 0.344 e. The molecule has 3 aromatic rings. The first-order valence-corrected chi connectivity index (χ1v) is 8.45. The predicted octanol–water partition coefficient (Wildman–Crippen LogP) is 4.10. The van der Waals surface area contributed by atoms with Gasteiger partial charge in [0.15, 0.2) is 0 Å². The predicted molar refractivity (Wildman–Crippen MR) is 101 cm³/mol. The fourth-order valence-electron chi connectivity index (χ4n) is 2.77. The maximum absolute atomic E-state index is 12.4. The molecule has 4 heteroatoms. The van der Waals surface area contributed by atoms with Crippen LogP contribution in [0, 0.1) is 6.92 Å². The van der Waals surface area contributed by atoms with Crippen molar-refractivity contribution in [1.82, 2.24) is 4.90 Å². The van der Waals surface area contributed by atoms with Gasteiger partial charge >= 0.3 is 5.63 Å². The molecule has 0 unspecified atom stereocenters. The summed E-state index contributed by atoms with van der Waals surface area (Å²) in [7, 11) is 4.09. The molecule has 0 saturated heterocycles. The van der Waals surface area contributed by atoms with E-state index in [1.54, 1.807) is 0 Å². The van der Waals surface area contributed by atoms with Crippen LogP contribution in [0.2, 0.25) is 0 Å². The van der Waals surface area contributed by atoms with Gasteiger partial charge in [0, 0.05) is 11.9 Å². The topological polar surface area (TPSA) is 42.7 Å². The minimum absolute atomic E-state index is 0.332. The van der Waals surface area contributed by atoms with Crippen LogP contribution < -0.4 is 10.4 Å². The van der Waals surface area contributed by atoms with Gasteiger partial charge in [-0.05, 0) is 63.3 Å². The quantitative estimate of drug-likeness (QED) is 0.502. The van der Waals surface area contributed by atoms with Crippen LogP contribution in [-0.4, -0.2) is 32.1 Å². The maximum Gasteiger partial charge on any atom is 0.344 e. The number of rotatable bonds is 6. The molecular formula is C21H23NO3. The highest BCUT2D eigenvalue weighted by Gasteiger charge is 2.09. The van der Waals surface area contributed by atoms with Crippen LogP contribution >= 0.6 is 0 Å². The van der Waals surface area contributed by atoms with Gasteiger partial charge in [0.2, 0.25) is 0 Å². The van der Waals surface area contributed by atoms with Gasteiger partial charge in [-0.15, -0.1) is 0 Å². The molecule has 0 radical (unpaired) electrons. The van der Waals surface area contributed by atoms with Crippen LogP contribution in [0.4, 0.5) is 0 Å². The number of hydrogen-bond acceptors (Lipinski definition) is 4. The summed E-state index contributed by atoms with van der Waals surface area (Å²) in [5, 5.41) is 0.923. The minimum Gasteiger partial charge on any atom is -0.494 e. The van der Waals surface area contributed by atoms with Crippen molar-refractivity contribution < 1.29 is 9.15 Å². The van der Waals surface area contributed by atoms with Crippen LogP contribution in [0.15, 0.2) is 57.7 Å². The van der Waals surface area contributed by atoms with Crippen LogP contribution in [0.5, 0.6) is 5.75 Å². The van der Waals surface area contributed by atoms with Crippen molar-refractivity contribution in [3.63, 3.8) is 0 Å². The molecule has 3 rings (SSSR count). The Morgan fingerprint density at radius 1 is 1.08 bits per heavy atom. The summed E-state index contributed by atoms with van der Waals surface area (Å²) in [6, 6.07) is 15.3. The highest BCUT2D eigenvalue weighted by Crippen LogP contribution is 2.25. The van der Waals surface area contributed by atoms with E-state index in [1.165, 1.54) is 0 Å². The fourth-order valence-corrected chi connectivity index (χ4v) is 2.77. The molecule has 0 aliphatic heterocycles. The second-order valence-electron chi connectivity index (χ2n) is 6.52. The second kappa shape index (κ2) is 7.53. The van der Waals surface area contributed by atoms with E-state index in [-0.39, 0.29) is 5.63 Å². The molecule has 0 aliphatic rings. The Balaban J connectivity index is 1.86. The van der Waals surface area contributed by atoms with E-state index in [2.05, 4.69) is 4.90 Å². The van der Waals surface area contributed by atoms with Crippen LogP contribution in [-0.2, 0) is 0 Å². The molecule has 25 heavy (non-hydrogen) atoms. The Kier molecular flexibility index (Phi) is 5.19. The lowest BCUT2D eigenvalue weighted by atomic mass is 10.0. The van der Waals surface area contributed by atoms with Gasteiger partial charge in [-0.1, -0.05) is 23.8 Å². The molecular weight excluding hydrogens is 314 g/mol. The number of aryl methyl sites for hydroxylation is 1. The zero-order valence-electron chi connectivity index (χ0n) is 14.9. The van der Waals surface area contributed by atoms with E-state index in [0.717, 1.165) is 35.2 Å². The van der Waals surface area contributed by atoms with E-state index in [1.807, 2.05) is 69.6 Å². The largest absolute Gasteiger partial charge is 0.494 e. The van der Waals surface area contributed by atoms with Gasteiger partial charge in [-0.3, -0.25) is 0 Å². The first-order chi connectivity index (χ1) is 12.0. The Hall–Kier alpha value is -2.59. The van der Waals surface area contributed by atoms with E-state index < -0.39 is 0 Å². The van der Waals surface area contributed by atoms with Crippen molar-refractivity contribution in [1.29, 1.82) is 0 Å². The highest BCUT2D eigenvalue weighted by molar-refractivity contribution is 5.82. The molecule has 4 nitrogen and oxygen atoms in total. The van der Waals surface area contributed by atoms with Crippen LogP contribution in [0.25, 0.3) is 22.1 Å². The van der Waals surface area contributed by atoms with Gasteiger partial charge in [0.05, 0.1) is 12.2 Å². The summed E-state index contributed by atoms with van der Waals surface area (Å²) >= 11 is 0. The Labute approximate surface area is 147 Å². The molecule has 1 aromatic heterocycles. The van der Waals surface area contributed by atoms with E-state index >= 15 is 0 Å². The summed E-state index contributed by atoms with van der Waals surface area (Å²) in [6.07, 6.45) is 0.953. The summed E-state index contributed by atoms with van der Waals surface area (Å²) < 4.78 is 11.3. The summed E-state index contributed by atoms with van der Waals surface area (Å²) in [6.45, 7) is 3.65. The van der Waals surface area contributed by atoms with Crippen molar-refractivity contribution in [3.8, 4) is 16.9 Å². The second-order valence-corrected chi connectivity index (χ2v) is 6.52. The number of nitrogens with zero attached hydrogens (tertiary/aromatic N) is 1. The van der Waals surface area contributed by atoms with Crippen LogP contribution in [0.1, 0.15) is 12.0 Å². The Morgan fingerprint density at radius 2 is 1.92 bits per heavy atom. The molecule has 0 aliphatic carbocycles. The van der Waals surface area contributed by atoms with Gasteiger partial charge in [-0.25, -0.2) is 4.79 Å². The molecule has 2 aromatic carbocycles. The standard InChI is InChI=1S/C21H23NO3/c1-15-8-9-20-17(12-15)14-19(21(23)25-20)16-6-4-7-18(13-16)24-11-5-10-22(2)3/h4,6-9,12-14H,5,10-11H2,1-3H3. The molecule has 0 saturated carbocycles. The zero-order valence-corrected chi connectivity index (χ0v) is 14.9. The third-order valence-electron chi connectivity index (χ3n) is 4.05. The highest BCUT2D eigenvalue weighted by atomic mass is 16.5. The third kappa shape index (κ3) is 4.28. The lowest BCUT2D eigenvalue weighted by molar-refractivity contribution is 0.281. The van der Waals surface area contributed by atoms with Gasteiger partial charge < -0.3 is 14.1 Å². The molecule has 0 fully saturated rings. The third-order valence-corrected chi connectivity index (χ3v) is 4.05. The van der Waals surface area contributed by atoms with Gasteiger partial charge in [0.25, 0.3) is 0 Å². The van der Waals surface area contributed by atoms with Crippen molar-refractivity contribution in [2.45, 2.75) is 13.3 Å². The average Bonchev–Trinajstić information content (AvgIpc) is 2.58. The van der Waals surface area contributed by atoms with Crippen molar-refractivity contribution in [3.05, 3.63) is 64.5 Å². The van der Waals surface area contributed by atoms with Crippen molar-refractivity contribution in [2.24, 2.45) is 0 Å². The van der Waals surface area contributed by atoms with E-state index in [4.69, 9.17) is 9.15 Å². The molecule has 0 bridgehead atoms. The first kappa shape index (κ1) is 17.2. The molecule has 0 spiro atoms. The van der Waals surface area contributed by atoms with Gasteiger partial charge in [0.1, 0.15) is 11.3 Å². The number of fused-ring (bicyclic) bond motifs is 1. The van der Waals surface area contributed by atoms with Crippen molar-refractivity contribution in [2.75, 3.05) is 27.2 Å². The summed E-state index contributed by atoms with van der Waals surface area (Å²) in [4.78, 5) is 14.5. The van der Waals surface area contributed by atoms with Gasteiger partial charge in [-0.2, -0.15) is 0 Å². The molecule has 0 amide bonds. The lowest BCUT2D eigenvalue weighted by Gasteiger charge is -2.11. The minimum atomic E-state index is -0.332. The average molecular weight is 337 g/mol. The fraction of sp³-hybridized carbons (Fsp3) is 0.286. The Morgan fingerprint density at radius 3 is 2.72 bits per heavy atom. The Bertz CT molecular complexity index is 928. The molecule has 1 heterocycles. The van der Waals surface area contributed by atoms with Crippen LogP contribution in [0.3, 0.4) is 0 Å². The zero-order chi connectivity index (χ0) is 17.8.